The monoisotopic (exact) mass is 382 g/mol. The first-order chi connectivity index (χ1) is 11.9. The summed E-state index contributed by atoms with van der Waals surface area (Å²) < 4.78 is 16.1. The Morgan fingerprint density at radius 2 is 1.84 bits per heavy atom. The molecule has 25 heavy (non-hydrogen) atoms. The lowest BCUT2D eigenvalue weighted by Crippen LogP contribution is -2.33. The van der Waals surface area contributed by atoms with Crippen LogP contribution in [0.3, 0.4) is 0 Å². The van der Waals surface area contributed by atoms with E-state index in [-0.39, 0.29) is 18.9 Å². The SMILES string of the molecule is COc1cc(/C=C2\SC(=S)N(CCC(=O)[O-])C2=O)cc(OC)c1OC. The third-order valence-corrected chi connectivity index (χ3v) is 4.78. The van der Waals surface area contributed by atoms with Gasteiger partial charge < -0.3 is 24.1 Å². The van der Waals surface area contributed by atoms with Crippen molar-refractivity contribution in [2.75, 3.05) is 27.9 Å². The Balaban J connectivity index is 2.32. The molecular formula is C16H16NO6S2-. The molecule has 9 heteroatoms. The highest BCUT2D eigenvalue weighted by Crippen LogP contribution is 2.40. The zero-order valence-electron chi connectivity index (χ0n) is 13.9. The van der Waals surface area contributed by atoms with Gasteiger partial charge in [0.2, 0.25) is 5.75 Å². The van der Waals surface area contributed by atoms with Crippen molar-refractivity contribution in [3.05, 3.63) is 22.6 Å². The van der Waals surface area contributed by atoms with Crippen molar-refractivity contribution in [3.8, 4) is 17.2 Å². The van der Waals surface area contributed by atoms with Crippen LogP contribution in [0, 0.1) is 0 Å². The number of hydrogen-bond acceptors (Lipinski definition) is 8. The molecule has 1 heterocycles. The van der Waals surface area contributed by atoms with E-state index in [4.69, 9.17) is 26.4 Å². The second kappa shape index (κ2) is 8.21. The number of carboxylic acids is 1. The maximum Gasteiger partial charge on any atom is 0.266 e. The molecule has 1 aromatic rings. The quantitative estimate of drug-likeness (QED) is 0.511. The highest BCUT2D eigenvalue weighted by atomic mass is 32.2. The number of nitrogens with zero attached hydrogens (tertiary/aromatic N) is 1. The fraction of sp³-hybridized carbons (Fsp3) is 0.312. The summed E-state index contributed by atoms with van der Waals surface area (Å²) in [6.45, 7) is -0.0143. The van der Waals surface area contributed by atoms with Crippen LogP contribution in [0.5, 0.6) is 17.2 Å². The Bertz CT molecular complexity index is 721. The molecule has 1 saturated heterocycles. The molecule has 1 aliphatic heterocycles. The first-order valence-electron chi connectivity index (χ1n) is 7.16. The Labute approximate surface area is 154 Å². The third-order valence-electron chi connectivity index (χ3n) is 3.40. The molecule has 0 aliphatic carbocycles. The average molecular weight is 382 g/mol. The minimum atomic E-state index is -1.23. The van der Waals surface area contributed by atoms with Crippen LogP contribution >= 0.6 is 24.0 Å². The molecule has 1 aliphatic rings. The molecule has 0 aromatic heterocycles. The maximum atomic E-state index is 12.4. The summed E-state index contributed by atoms with van der Waals surface area (Å²) in [5.74, 6) is -0.211. The highest BCUT2D eigenvalue weighted by molar-refractivity contribution is 8.26. The van der Waals surface area contributed by atoms with Crippen molar-refractivity contribution < 1.29 is 28.9 Å². The van der Waals surface area contributed by atoms with E-state index in [1.807, 2.05) is 0 Å². The fourth-order valence-corrected chi connectivity index (χ4v) is 3.54. The van der Waals surface area contributed by atoms with Crippen LogP contribution in [0.25, 0.3) is 6.08 Å². The van der Waals surface area contributed by atoms with Gasteiger partial charge in [0.25, 0.3) is 5.91 Å². The topological polar surface area (TPSA) is 88.1 Å². The number of methoxy groups -OCH3 is 3. The molecule has 0 atom stereocenters. The second-order valence-electron chi connectivity index (χ2n) is 4.91. The van der Waals surface area contributed by atoms with E-state index < -0.39 is 5.97 Å². The number of aliphatic carboxylic acids is 1. The normalized spacial score (nSPS) is 15.6. The smallest absolute Gasteiger partial charge is 0.266 e. The largest absolute Gasteiger partial charge is 0.550 e. The number of hydrogen-bond donors (Lipinski definition) is 0. The van der Waals surface area contributed by atoms with Crippen molar-refractivity contribution in [2.45, 2.75) is 6.42 Å². The third kappa shape index (κ3) is 4.23. The Kier molecular flexibility index (Phi) is 6.27. The summed E-state index contributed by atoms with van der Waals surface area (Å²) in [7, 11) is 4.50. The number of carbonyl (C=O) groups is 2. The molecule has 1 aromatic carbocycles. The average Bonchev–Trinajstić information content (AvgIpc) is 2.85. The van der Waals surface area contributed by atoms with E-state index >= 15 is 0 Å². The van der Waals surface area contributed by atoms with Gasteiger partial charge in [-0.3, -0.25) is 9.69 Å². The van der Waals surface area contributed by atoms with Gasteiger partial charge >= 0.3 is 0 Å². The van der Waals surface area contributed by atoms with E-state index in [9.17, 15) is 14.7 Å². The Morgan fingerprint density at radius 1 is 1.24 bits per heavy atom. The fourth-order valence-electron chi connectivity index (χ4n) is 2.23. The van der Waals surface area contributed by atoms with Crippen LogP contribution < -0.4 is 19.3 Å². The summed E-state index contributed by atoms with van der Waals surface area (Å²) in [4.78, 5) is 24.6. The predicted molar refractivity (Wildman–Crippen MR) is 95.6 cm³/mol. The first kappa shape index (κ1) is 19.1. The summed E-state index contributed by atoms with van der Waals surface area (Å²) in [5, 5.41) is 10.6. The van der Waals surface area contributed by atoms with Gasteiger partial charge in [-0.2, -0.15) is 0 Å². The van der Waals surface area contributed by atoms with E-state index in [1.165, 1.54) is 26.2 Å². The van der Waals surface area contributed by atoms with Crippen molar-refractivity contribution in [1.29, 1.82) is 0 Å². The lowest BCUT2D eigenvalue weighted by Gasteiger charge is -2.14. The first-order valence-corrected chi connectivity index (χ1v) is 8.39. The van der Waals surface area contributed by atoms with Gasteiger partial charge in [-0.05, 0) is 23.8 Å². The zero-order chi connectivity index (χ0) is 18.6. The molecule has 1 fully saturated rings. The number of thiocarbonyl (C=S) groups is 1. The molecule has 0 N–H and O–H groups in total. The maximum absolute atomic E-state index is 12.4. The van der Waals surface area contributed by atoms with E-state index in [0.717, 1.165) is 11.8 Å². The molecule has 2 rings (SSSR count). The van der Waals surface area contributed by atoms with Gasteiger partial charge in [0, 0.05) is 18.9 Å². The van der Waals surface area contributed by atoms with Crippen LogP contribution in [-0.4, -0.2) is 49.0 Å². The van der Waals surface area contributed by atoms with Crippen LogP contribution in [-0.2, 0) is 9.59 Å². The Morgan fingerprint density at radius 3 is 2.32 bits per heavy atom. The van der Waals surface area contributed by atoms with Crippen molar-refractivity contribution in [2.24, 2.45) is 0 Å². The molecule has 0 radical (unpaired) electrons. The van der Waals surface area contributed by atoms with Gasteiger partial charge in [0.15, 0.2) is 11.5 Å². The van der Waals surface area contributed by atoms with Crippen molar-refractivity contribution in [1.82, 2.24) is 4.90 Å². The lowest BCUT2D eigenvalue weighted by molar-refractivity contribution is -0.305. The van der Waals surface area contributed by atoms with Crippen LogP contribution in [0.4, 0.5) is 0 Å². The van der Waals surface area contributed by atoms with E-state index in [1.54, 1.807) is 18.2 Å². The number of thioether (sulfide) groups is 1. The van der Waals surface area contributed by atoms with Crippen LogP contribution in [0.15, 0.2) is 17.0 Å². The molecule has 7 nitrogen and oxygen atoms in total. The van der Waals surface area contributed by atoms with E-state index in [2.05, 4.69) is 0 Å². The Hall–Kier alpha value is -2.26. The molecule has 0 spiro atoms. The van der Waals surface area contributed by atoms with Gasteiger partial charge in [-0.1, -0.05) is 24.0 Å². The van der Waals surface area contributed by atoms with Gasteiger partial charge in [-0.15, -0.1) is 0 Å². The molecule has 134 valence electrons. The summed E-state index contributed by atoms with van der Waals surface area (Å²) in [5.41, 5.74) is 0.662. The van der Waals surface area contributed by atoms with Crippen molar-refractivity contribution in [3.63, 3.8) is 0 Å². The predicted octanol–water partition coefficient (Wildman–Crippen LogP) is 1.05. The standard InChI is InChI=1S/C16H17NO6S2/c1-21-10-6-9(7-11(22-2)14(10)23-3)8-12-15(20)17(16(24)25-12)5-4-13(18)19/h6-8H,4-5H2,1-3H3,(H,18,19)/p-1/b12-8-. The van der Waals surface area contributed by atoms with Crippen LogP contribution in [0.1, 0.15) is 12.0 Å². The molecule has 1 amide bonds. The number of rotatable bonds is 7. The minimum absolute atomic E-state index is 0.0143. The number of amides is 1. The van der Waals surface area contributed by atoms with Gasteiger partial charge in [-0.25, -0.2) is 0 Å². The lowest BCUT2D eigenvalue weighted by atomic mass is 10.1. The molecular weight excluding hydrogens is 366 g/mol. The number of carboxylic acid groups (broad SMARTS) is 1. The summed E-state index contributed by atoms with van der Waals surface area (Å²) in [6, 6.07) is 3.41. The van der Waals surface area contributed by atoms with E-state index in [0.29, 0.717) is 32.0 Å². The van der Waals surface area contributed by atoms with Crippen molar-refractivity contribution >= 4 is 46.3 Å². The zero-order valence-corrected chi connectivity index (χ0v) is 15.5. The molecule has 0 saturated carbocycles. The second-order valence-corrected chi connectivity index (χ2v) is 6.59. The number of benzene rings is 1. The number of ether oxygens (including phenoxy) is 3. The van der Waals surface area contributed by atoms with Gasteiger partial charge in [0.1, 0.15) is 4.32 Å². The molecule has 0 unspecified atom stereocenters. The van der Waals surface area contributed by atoms with Crippen LogP contribution in [0.2, 0.25) is 0 Å². The number of carbonyl (C=O) groups excluding carboxylic acids is 2. The molecule has 0 bridgehead atoms. The van der Waals surface area contributed by atoms with Gasteiger partial charge in [0.05, 0.1) is 26.2 Å². The highest BCUT2D eigenvalue weighted by Gasteiger charge is 2.31. The summed E-state index contributed by atoms with van der Waals surface area (Å²) >= 11 is 6.25. The summed E-state index contributed by atoms with van der Waals surface area (Å²) in [6.07, 6.45) is 1.37. The minimum Gasteiger partial charge on any atom is -0.550 e.